The lowest BCUT2D eigenvalue weighted by molar-refractivity contribution is -0.129. The quantitative estimate of drug-likeness (QED) is 0.792. The lowest BCUT2D eigenvalue weighted by Crippen LogP contribution is -2.35. The first-order valence-corrected chi connectivity index (χ1v) is 8.55. The van der Waals surface area contributed by atoms with Crippen LogP contribution in [-0.4, -0.2) is 38.7 Å². The summed E-state index contributed by atoms with van der Waals surface area (Å²) in [5.41, 5.74) is 4.93. The number of nitrogens with zero attached hydrogens (tertiary/aromatic N) is 6. The predicted molar refractivity (Wildman–Crippen MR) is 92.3 cm³/mol. The minimum absolute atomic E-state index is 0.0971. The number of hydrogen-bond acceptors (Lipinski definition) is 5. The molecule has 2 aliphatic rings. The first-order chi connectivity index (χ1) is 12.1. The Morgan fingerprint density at radius 3 is 2.92 bits per heavy atom. The van der Waals surface area contributed by atoms with E-state index in [4.69, 9.17) is 10.4 Å². The maximum Gasteiger partial charge on any atom is 0.219 e. The maximum atomic E-state index is 11.8. The molecule has 0 aliphatic carbocycles. The van der Waals surface area contributed by atoms with Crippen molar-refractivity contribution in [3.63, 3.8) is 0 Å². The molecule has 4 heterocycles. The number of pyridine rings is 1. The summed E-state index contributed by atoms with van der Waals surface area (Å²) in [6.07, 6.45) is 4.55. The van der Waals surface area contributed by atoms with Gasteiger partial charge >= 0.3 is 0 Å². The predicted octanol–water partition coefficient (Wildman–Crippen LogP) is 1.68. The van der Waals surface area contributed by atoms with Crippen molar-refractivity contribution in [2.24, 2.45) is 7.05 Å². The summed E-state index contributed by atoms with van der Waals surface area (Å²) in [6.45, 7) is 3.82. The van der Waals surface area contributed by atoms with Gasteiger partial charge in [0.1, 0.15) is 11.8 Å². The molecule has 0 aromatic carbocycles. The summed E-state index contributed by atoms with van der Waals surface area (Å²) in [5, 5.41) is 13.8. The first-order valence-electron chi connectivity index (χ1n) is 8.55. The van der Waals surface area contributed by atoms with Gasteiger partial charge in [0, 0.05) is 44.7 Å². The molecule has 2 aliphatic heterocycles. The third-order valence-electron chi connectivity index (χ3n) is 5.12. The van der Waals surface area contributed by atoms with Gasteiger partial charge in [-0.15, -0.1) is 0 Å². The van der Waals surface area contributed by atoms with Gasteiger partial charge in [0.25, 0.3) is 0 Å². The van der Waals surface area contributed by atoms with Crippen LogP contribution < -0.4 is 4.90 Å². The lowest BCUT2D eigenvalue weighted by Gasteiger charge is -2.32. The zero-order chi connectivity index (χ0) is 17.6. The number of fused-ring (bicyclic) bond motifs is 2. The zero-order valence-electron chi connectivity index (χ0n) is 14.5. The third-order valence-corrected chi connectivity index (χ3v) is 5.12. The molecule has 0 saturated heterocycles. The molecule has 1 amide bonds. The van der Waals surface area contributed by atoms with Crippen molar-refractivity contribution in [3.8, 4) is 6.07 Å². The highest BCUT2D eigenvalue weighted by atomic mass is 16.2. The van der Waals surface area contributed by atoms with Crippen LogP contribution in [0, 0.1) is 11.3 Å². The van der Waals surface area contributed by atoms with E-state index >= 15 is 0 Å². The van der Waals surface area contributed by atoms with Crippen molar-refractivity contribution in [2.75, 3.05) is 18.0 Å². The molecule has 2 aromatic heterocycles. The third kappa shape index (κ3) is 2.54. The molecule has 7 nitrogen and oxygen atoms in total. The van der Waals surface area contributed by atoms with Gasteiger partial charge in [0.15, 0.2) is 5.82 Å². The monoisotopic (exact) mass is 336 g/mol. The van der Waals surface area contributed by atoms with Crippen molar-refractivity contribution in [3.05, 3.63) is 34.8 Å². The zero-order valence-corrected chi connectivity index (χ0v) is 14.5. The number of hydrogen-bond donors (Lipinski definition) is 0. The molecule has 0 bridgehead atoms. The van der Waals surface area contributed by atoms with Gasteiger partial charge in [-0.3, -0.25) is 9.48 Å². The fraction of sp³-hybridized carbons (Fsp3) is 0.444. The van der Waals surface area contributed by atoms with Crippen molar-refractivity contribution in [1.29, 1.82) is 5.26 Å². The molecule has 128 valence electrons. The van der Waals surface area contributed by atoms with E-state index < -0.39 is 0 Å². The normalized spacial score (nSPS) is 16.2. The maximum absolute atomic E-state index is 11.8. The van der Waals surface area contributed by atoms with Gasteiger partial charge in [-0.1, -0.05) is 0 Å². The number of amides is 1. The molecule has 0 spiro atoms. The molecule has 7 heteroatoms. The summed E-state index contributed by atoms with van der Waals surface area (Å²) in [6, 6.07) is 3.98. The van der Waals surface area contributed by atoms with Crippen molar-refractivity contribution < 1.29 is 4.79 Å². The summed E-state index contributed by atoms with van der Waals surface area (Å²) in [7, 11) is 1.97. The Morgan fingerprint density at radius 1 is 1.32 bits per heavy atom. The largest absolute Gasteiger partial charge is 0.338 e. The van der Waals surface area contributed by atoms with Crippen LogP contribution in [0.2, 0.25) is 0 Å². The highest BCUT2D eigenvalue weighted by molar-refractivity contribution is 5.75. The van der Waals surface area contributed by atoms with E-state index in [2.05, 4.69) is 16.0 Å². The molecular weight excluding hydrogens is 316 g/mol. The molecule has 0 atom stereocenters. The minimum Gasteiger partial charge on any atom is -0.338 e. The van der Waals surface area contributed by atoms with Crippen LogP contribution in [0.5, 0.6) is 0 Å². The minimum atomic E-state index is 0.0971. The van der Waals surface area contributed by atoms with Gasteiger partial charge < -0.3 is 9.80 Å². The Morgan fingerprint density at radius 2 is 2.16 bits per heavy atom. The average Bonchev–Trinajstić information content (AvgIpc) is 2.96. The number of rotatable bonds is 1. The van der Waals surface area contributed by atoms with Crippen LogP contribution in [0.3, 0.4) is 0 Å². The van der Waals surface area contributed by atoms with E-state index in [1.54, 1.807) is 13.1 Å². The number of carbonyl (C=O) groups excluding carboxylic acids is 1. The summed E-state index contributed by atoms with van der Waals surface area (Å²) < 4.78 is 1.94. The van der Waals surface area contributed by atoms with E-state index in [1.165, 1.54) is 5.69 Å². The average molecular weight is 336 g/mol. The molecule has 0 unspecified atom stereocenters. The summed E-state index contributed by atoms with van der Waals surface area (Å²) >= 11 is 0. The van der Waals surface area contributed by atoms with Gasteiger partial charge in [-0.05, 0) is 24.5 Å². The molecule has 25 heavy (non-hydrogen) atoms. The van der Waals surface area contributed by atoms with Crippen molar-refractivity contribution in [2.45, 2.75) is 32.7 Å². The molecule has 0 radical (unpaired) electrons. The van der Waals surface area contributed by atoms with E-state index in [0.29, 0.717) is 12.2 Å². The second-order valence-corrected chi connectivity index (χ2v) is 6.63. The first kappa shape index (κ1) is 15.6. The van der Waals surface area contributed by atoms with E-state index in [0.717, 1.165) is 55.0 Å². The second-order valence-electron chi connectivity index (χ2n) is 6.63. The summed E-state index contributed by atoms with van der Waals surface area (Å²) in [4.78, 5) is 20.1. The Kier molecular flexibility index (Phi) is 3.68. The molecule has 0 fully saturated rings. The van der Waals surface area contributed by atoms with Gasteiger partial charge in [0.2, 0.25) is 5.91 Å². The van der Waals surface area contributed by atoms with E-state index in [-0.39, 0.29) is 5.91 Å². The fourth-order valence-electron chi connectivity index (χ4n) is 3.82. The SMILES string of the molecule is CC(=O)N1CCc2c(c(N3CCCc4cc(C#N)ncc43)nn2C)C1. The van der Waals surface area contributed by atoms with Crippen molar-refractivity contribution >= 4 is 17.4 Å². The summed E-state index contributed by atoms with van der Waals surface area (Å²) in [5.74, 6) is 1.01. The Balaban J connectivity index is 1.78. The van der Waals surface area contributed by atoms with Crippen LogP contribution in [-0.2, 0) is 31.2 Å². The number of aromatic nitrogens is 3. The van der Waals surface area contributed by atoms with E-state index in [1.807, 2.05) is 22.7 Å². The smallest absolute Gasteiger partial charge is 0.219 e. The molecule has 0 N–H and O–H groups in total. The van der Waals surface area contributed by atoms with Gasteiger partial charge in [0.05, 0.1) is 18.4 Å². The van der Waals surface area contributed by atoms with Crippen LogP contribution >= 0.6 is 0 Å². The molecular formula is C18H20N6O. The highest BCUT2D eigenvalue weighted by Gasteiger charge is 2.30. The van der Waals surface area contributed by atoms with Crippen molar-refractivity contribution in [1.82, 2.24) is 19.7 Å². The molecule has 0 saturated carbocycles. The van der Waals surface area contributed by atoms with E-state index in [9.17, 15) is 4.79 Å². The molecule has 2 aromatic rings. The molecule has 4 rings (SSSR count). The number of carbonyl (C=O) groups is 1. The Bertz CT molecular complexity index is 894. The van der Waals surface area contributed by atoms with Crippen LogP contribution in [0.15, 0.2) is 12.3 Å². The number of nitriles is 1. The van der Waals surface area contributed by atoms with Gasteiger partial charge in [-0.25, -0.2) is 4.98 Å². The van der Waals surface area contributed by atoms with Crippen LogP contribution in [0.25, 0.3) is 0 Å². The van der Waals surface area contributed by atoms with Crippen LogP contribution in [0.1, 0.15) is 35.9 Å². The number of aryl methyl sites for hydroxylation is 2. The van der Waals surface area contributed by atoms with Crippen LogP contribution in [0.4, 0.5) is 11.5 Å². The Hall–Kier alpha value is -2.88. The highest BCUT2D eigenvalue weighted by Crippen LogP contribution is 2.37. The fourth-order valence-corrected chi connectivity index (χ4v) is 3.82. The Labute approximate surface area is 146 Å². The number of anilines is 2. The van der Waals surface area contributed by atoms with Gasteiger partial charge in [-0.2, -0.15) is 10.4 Å². The standard InChI is InChI=1S/C18H20N6O/c1-12(25)23-7-5-16-15(11-23)18(21-22(16)2)24-6-3-4-13-8-14(9-19)20-10-17(13)24/h8,10H,3-7,11H2,1-2H3. The topological polar surface area (TPSA) is 78.1 Å². The lowest BCUT2D eigenvalue weighted by atomic mass is 10.0. The second kappa shape index (κ2) is 5.88.